The van der Waals surface area contributed by atoms with Crippen molar-refractivity contribution in [2.45, 2.75) is 0 Å². The van der Waals surface area contributed by atoms with Crippen molar-refractivity contribution in [1.82, 2.24) is 0 Å². The highest BCUT2D eigenvalue weighted by Gasteiger charge is 2.16. The van der Waals surface area contributed by atoms with E-state index >= 15 is 0 Å². The maximum Gasteiger partial charge on any atom is 0.201 e. The maximum absolute atomic E-state index is 13.6. The summed E-state index contributed by atoms with van der Waals surface area (Å²) in [6, 6.07) is 4.20. The molecule has 0 heterocycles. The van der Waals surface area contributed by atoms with Gasteiger partial charge in [0.1, 0.15) is 17.7 Å². The average Bonchev–Trinajstić information content (AvgIpc) is 2.35. The molecule has 0 fully saturated rings. The normalized spacial score (nSPS) is 10.5. The molecule has 0 saturated carbocycles. The van der Waals surface area contributed by atoms with E-state index in [1.807, 2.05) is 0 Å². The number of nitrogens with two attached hydrogens (primary N) is 1. The fourth-order valence-corrected chi connectivity index (χ4v) is 1.57. The molecular formula is C10H5Cl2FN6. The number of anilines is 1. The Labute approximate surface area is 117 Å². The number of halogens is 3. The lowest BCUT2D eigenvalue weighted by Gasteiger charge is -2.08. The van der Waals surface area contributed by atoms with Crippen LogP contribution in [0.4, 0.5) is 10.1 Å². The zero-order valence-electron chi connectivity index (χ0n) is 9.13. The van der Waals surface area contributed by atoms with Gasteiger partial charge in [0.15, 0.2) is 11.7 Å². The second kappa shape index (κ2) is 6.01. The first-order chi connectivity index (χ1) is 8.92. The Kier molecular flexibility index (Phi) is 4.65. The fourth-order valence-electron chi connectivity index (χ4n) is 1.07. The van der Waals surface area contributed by atoms with Crippen LogP contribution in [0.1, 0.15) is 5.56 Å². The van der Waals surface area contributed by atoms with Crippen LogP contribution in [0.15, 0.2) is 11.2 Å². The number of hydrogen-bond donors (Lipinski definition) is 3. The van der Waals surface area contributed by atoms with Crippen molar-refractivity contribution < 1.29 is 4.39 Å². The van der Waals surface area contributed by atoms with Crippen LogP contribution >= 0.6 is 23.2 Å². The van der Waals surface area contributed by atoms with Crippen LogP contribution in [0.2, 0.25) is 10.0 Å². The molecule has 4 N–H and O–H groups in total. The van der Waals surface area contributed by atoms with Gasteiger partial charge in [-0.3, -0.25) is 10.8 Å². The summed E-state index contributed by atoms with van der Waals surface area (Å²) < 4.78 is 13.6. The third-order valence-electron chi connectivity index (χ3n) is 1.92. The molecule has 0 aliphatic heterocycles. The minimum absolute atomic E-state index is 0.0625. The van der Waals surface area contributed by atoms with Gasteiger partial charge in [-0.25, -0.2) is 4.39 Å². The highest BCUT2D eigenvalue weighted by molar-refractivity contribution is 6.46. The Balaban J connectivity index is 3.31. The van der Waals surface area contributed by atoms with Crippen LogP contribution in [0.25, 0.3) is 0 Å². The van der Waals surface area contributed by atoms with Gasteiger partial charge in [0.05, 0.1) is 15.7 Å². The Bertz CT molecular complexity index is 655. The zero-order chi connectivity index (χ0) is 14.6. The first-order valence-electron chi connectivity index (χ1n) is 4.58. The van der Waals surface area contributed by atoms with Crippen LogP contribution in [-0.4, -0.2) is 11.5 Å². The molecule has 1 aromatic carbocycles. The molecule has 19 heavy (non-hydrogen) atoms. The molecule has 9 heteroatoms. The predicted octanol–water partition coefficient (Wildman–Crippen LogP) is 2.23. The molecule has 0 unspecified atom stereocenters. The van der Waals surface area contributed by atoms with Crippen LogP contribution < -0.4 is 11.2 Å². The molecule has 96 valence electrons. The molecule has 0 aliphatic rings. The highest BCUT2D eigenvalue weighted by Crippen LogP contribution is 2.32. The SMILES string of the molecule is N#C/C(=N\Nc1c(Cl)cc(Cl)c(F)c1C#N)C(=N)N. The summed E-state index contributed by atoms with van der Waals surface area (Å²) in [4.78, 5) is 0. The van der Waals surface area contributed by atoms with Crippen molar-refractivity contribution >= 4 is 40.4 Å². The predicted molar refractivity (Wildman–Crippen MR) is 69.7 cm³/mol. The van der Waals surface area contributed by atoms with E-state index in [1.54, 1.807) is 12.1 Å². The minimum atomic E-state index is -0.965. The summed E-state index contributed by atoms with van der Waals surface area (Å²) in [5.41, 5.74) is 6.24. The number of hydrazone groups is 1. The van der Waals surface area contributed by atoms with Crippen LogP contribution in [0.5, 0.6) is 0 Å². The van der Waals surface area contributed by atoms with Gasteiger partial charge in [0, 0.05) is 0 Å². The van der Waals surface area contributed by atoms with E-state index in [1.165, 1.54) is 0 Å². The number of nitrogens with zero attached hydrogens (tertiary/aromatic N) is 3. The summed E-state index contributed by atoms with van der Waals surface area (Å²) >= 11 is 11.3. The third kappa shape index (κ3) is 3.10. The smallest absolute Gasteiger partial charge is 0.201 e. The van der Waals surface area contributed by atoms with E-state index in [-0.39, 0.29) is 15.7 Å². The monoisotopic (exact) mass is 298 g/mol. The molecule has 1 aromatic rings. The number of benzene rings is 1. The van der Waals surface area contributed by atoms with E-state index in [0.29, 0.717) is 0 Å². The molecule has 0 aromatic heterocycles. The lowest BCUT2D eigenvalue weighted by molar-refractivity contribution is 0.625. The van der Waals surface area contributed by atoms with Crippen molar-refractivity contribution in [1.29, 1.82) is 15.9 Å². The quantitative estimate of drug-likeness (QED) is 0.343. The minimum Gasteiger partial charge on any atom is -0.382 e. The number of rotatable bonds is 3. The lowest BCUT2D eigenvalue weighted by atomic mass is 10.2. The second-order valence-electron chi connectivity index (χ2n) is 3.11. The van der Waals surface area contributed by atoms with Gasteiger partial charge in [-0.15, -0.1) is 0 Å². The standard InChI is InChI=1S/C10H5Cl2FN6/c11-5-1-6(12)9(4(2-14)8(5)13)19-18-7(3-15)10(16)17/h1,19H,(H3,16,17)/b18-7+. The van der Waals surface area contributed by atoms with Crippen molar-refractivity contribution in [2.24, 2.45) is 10.8 Å². The molecule has 6 nitrogen and oxygen atoms in total. The average molecular weight is 299 g/mol. The summed E-state index contributed by atoms with van der Waals surface area (Å²) in [6.45, 7) is 0. The van der Waals surface area contributed by atoms with Crippen molar-refractivity contribution in [3.8, 4) is 12.1 Å². The zero-order valence-corrected chi connectivity index (χ0v) is 10.6. The topological polar surface area (TPSA) is 122 Å². The molecule has 0 amide bonds. The molecule has 0 saturated heterocycles. The molecular weight excluding hydrogens is 294 g/mol. The van der Waals surface area contributed by atoms with Crippen molar-refractivity contribution in [3.05, 3.63) is 27.5 Å². The highest BCUT2D eigenvalue weighted by atomic mass is 35.5. The van der Waals surface area contributed by atoms with Crippen LogP contribution in [-0.2, 0) is 0 Å². The van der Waals surface area contributed by atoms with Crippen molar-refractivity contribution in [3.63, 3.8) is 0 Å². The van der Waals surface area contributed by atoms with E-state index in [2.05, 4.69) is 10.5 Å². The number of amidine groups is 1. The number of hydrogen-bond acceptors (Lipinski definition) is 5. The molecule has 0 bridgehead atoms. The Morgan fingerprint density at radius 3 is 2.53 bits per heavy atom. The first-order valence-corrected chi connectivity index (χ1v) is 5.33. The molecule has 0 spiro atoms. The lowest BCUT2D eigenvalue weighted by Crippen LogP contribution is -2.22. The fraction of sp³-hybridized carbons (Fsp3) is 0. The van der Waals surface area contributed by atoms with Gasteiger partial charge in [0.2, 0.25) is 5.71 Å². The summed E-state index contributed by atoms with van der Waals surface area (Å²) in [5.74, 6) is -1.55. The second-order valence-corrected chi connectivity index (χ2v) is 3.93. The van der Waals surface area contributed by atoms with Gasteiger partial charge in [0.25, 0.3) is 0 Å². The summed E-state index contributed by atoms with van der Waals surface area (Å²) in [6.07, 6.45) is 0. The number of nitriles is 2. The van der Waals surface area contributed by atoms with Gasteiger partial charge >= 0.3 is 0 Å². The third-order valence-corrected chi connectivity index (χ3v) is 2.50. The number of nitrogens with one attached hydrogen (secondary N) is 2. The van der Waals surface area contributed by atoms with E-state index in [9.17, 15) is 4.39 Å². The molecule has 0 atom stereocenters. The van der Waals surface area contributed by atoms with E-state index in [4.69, 9.17) is 44.9 Å². The maximum atomic E-state index is 13.6. The van der Waals surface area contributed by atoms with Gasteiger partial charge < -0.3 is 5.73 Å². The van der Waals surface area contributed by atoms with Gasteiger partial charge in [-0.2, -0.15) is 15.6 Å². The van der Waals surface area contributed by atoms with Gasteiger partial charge in [-0.05, 0) is 6.07 Å². The molecule has 0 aliphatic carbocycles. The first kappa shape index (κ1) is 14.7. The van der Waals surface area contributed by atoms with Gasteiger partial charge in [-0.1, -0.05) is 23.2 Å². The Morgan fingerprint density at radius 2 is 2.05 bits per heavy atom. The Hall–Kier alpha value is -2.35. The van der Waals surface area contributed by atoms with Crippen molar-refractivity contribution in [2.75, 3.05) is 5.43 Å². The van der Waals surface area contributed by atoms with E-state index < -0.39 is 22.9 Å². The Morgan fingerprint density at radius 1 is 1.42 bits per heavy atom. The van der Waals surface area contributed by atoms with Crippen LogP contribution in [0, 0.1) is 33.9 Å². The summed E-state index contributed by atoms with van der Waals surface area (Å²) in [7, 11) is 0. The molecule has 1 rings (SSSR count). The molecule has 0 radical (unpaired) electrons. The summed E-state index contributed by atoms with van der Waals surface area (Å²) in [5, 5.41) is 27.6. The van der Waals surface area contributed by atoms with E-state index in [0.717, 1.165) is 6.07 Å². The van der Waals surface area contributed by atoms with Crippen LogP contribution in [0.3, 0.4) is 0 Å². The largest absolute Gasteiger partial charge is 0.382 e.